The Balaban J connectivity index is 2.61. The van der Waals surface area contributed by atoms with Crippen LogP contribution in [-0.2, 0) is 4.74 Å². The number of rotatable bonds is 5. The van der Waals surface area contributed by atoms with Gasteiger partial charge in [0.25, 0.3) is 5.91 Å². The van der Waals surface area contributed by atoms with Gasteiger partial charge in [0.15, 0.2) is 0 Å². The Labute approximate surface area is 100.0 Å². The van der Waals surface area contributed by atoms with Crippen molar-refractivity contribution in [3.8, 4) is 0 Å². The van der Waals surface area contributed by atoms with Gasteiger partial charge in [-0.05, 0) is 24.1 Å². The van der Waals surface area contributed by atoms with E-state index in [2.05, 4.69) is 5.32 Å². The first-order valence-electron chi connectivity index (χ1n) is 5.36. The highest BCUT2D eigenvalue weighted by Gasteiger charge is 2.12. The summed E-state index contributed by atoms with van der Waals surface area (Å²) in [6.07, 6.45) is 0. The maximum atomic E-state index is 13.4. The molecule has 4 nitrogen and oxygen atoms in total. The number of nitrogens with one attached hydrogen (secondary N) is 1. The van der Waals surface area contributed by atoms with E-state index in [1.54, 1.807) is 7.11 Å². The molecule has 0 aliphatic rings. The third-order valence-electron chi connectivity index (χ3n) is 2.30. The number of carbonyl (C=O) groups excluding carboxylic acids is 1. The van der Waals surface area contributed by atoms with Crippen molar-refractivity contribution >= 4 is 11.6 Å². The zero-order valence-electron chi connectivity index (χ0n) is 10.00. The maximum Gasteiger partial charge on any atom is 0.254 e. The second-order valence-corrected chi connectivity index (χ2v) is 4.01. The molecular weight excluding hydrogens is 223 g/mol. The Kier molecular flexibility index (Phi) is 4.90. The summed E-state index contributed by atoms with van der Waals surface area (Å²) in [6.45, 7) is 2.90. The molecule has 94 valence electrons. The molecule has 1 aromatic rings. The molecule has 0 heterocycles. The molecule has 17 heavy (non-hydrogen) atoms. The molecule has 0 saturated carbocycles. The van der Waals surface area contributed by atoms with E-state index in [0.717, 1.165) is 0 Å². The van der Waals surface area contributed by atoms with Crippen LogP contribution in [0.1, 0.15) is 17.3 Å². The average Bonchev–Trinajstić information content (AvgIpc) is 2.29. The van der Waals surface area contributed by atoms with Gasteiger partial charge in [0.1, 0.15) is 5.82 Å². The number of methoxy groups -OCH3 is 1. The normalized spacial score (nSPS) is 12.2. The zero-order valence-corrected chi connectivity index (χ0v) is 10.00. The van der Waals surface area contributed by atoms with Gasteiger partial charge >= 0.3 is 0 Å². The molecule has 0 saturated heterocycles. The molecule has 1 rings (SSSR count). The van der Waals surface area contributed by atoms with Crippen LogP contribution in [0, 0.1) is 11.7 Å². The number of halogens is 1. The Hall–Kier alpha value is -1.62. The summed E-state index contributed by atoms with van der Waals surface area (Å²) in [5.41, 5.74) is 5.83. The minimum absolute atomic E-state index is 0.0328. The van der Waals surface area contributed by atoms with Crippen LogP contribution in [0.2, 0.25) is 0 Å². The van der Waals surface area contributed by atoms with Crippen LogP contribution in [0.25, 0.3) is 0 Å². The molecule has 0 radical (unpaired) electrons. The lowest BCUT2D eigenvalue weighted by Crippen LogP contribution is -2.30. The molecule has 0 aromatic heterocycles. The van der Waals surface area contributed by atoms with Gasteiger partial charge in [0.05, 0.1) is 12.2 Å². The zero-order chi connectivity index (χ0) is 12.8. The first kappa shape index (κ1) is 13.4. The monoisotopic (exact) mass is 240 g/mol. The topological polar surface area (TPSA) is 64.3 Å². The van der Waals surface area contributed by atoms with Crippen molar-refractivity contribution < 1.29 is 13.9 Å². The molecule has 1 aromatic carbocycles. The summed E-state index contributed by atoms with van der Waals surface area (Å²) in [6, 6.07) is 3.92. The molecule has 0 aliphatic carbocycles. The van der Waals surface area contributed by atoms with Gasteiger partial charge in [-0.2, -0.15) is 0 Å². The average molecular weight is 240 g/mol. The lowest BCUT2D eigenvalue weighted by Gasteiger charge is -2.12. The molecule has 0 spiro atoms. The standard InChI is InChI=1S/C12H17FN2O2/c1-8(7-17-2)6-15-12(16)10-5-9(14)3-4-11(10)13/h3-5,8H,6-7,14H2,1-2H3,(H,15,16). The van der Waals surface area contributed by atoms with Crippen molar-refractivity contribution in [2.24, 2.45) is 5.92 Å². The van der Waals surface area contributed by atoms with E-state index >= 15 is 0 Å². The van der Waals surface area contributed by atoms with Crippen LogP contribution in [0.3, 0.4) is 0 Å². The largest absolute Gasteiger partial charge is 0.399 e. The van der Waals surface area contributed by atoms with Crippen LogP contribution in [-0.4, -0.2) is 26.2 Å². The second kappa shape index (κ2) is 6.20. The quantitative estimate of drug-likeness (QED) is 0.765. The van der Waals surface area contributed by atoms with E-state index in [4.69, 9.17) is 10.5 Å². The highest BCUT2D eigenvalue weighted by atomic mass is 19.1. The fourth-order valence-corrected chi connectivity index (χ4v) is 1.42. The minimum Gasteiger partial charge on any atom is -0.399 e. The van der Waals surface area contributed by atoms with Gasteiger partial charge in [-0.15, -0.1) is 0 Å². The van der Waals surface area contributed by atoms with E-state index in [-0.39, 0.29) is 11.5 Å². The summed E-state index contributed by atoms with van der Waals surface area (Å²) >= 11 is 0. The van der Waals surface area contributed by atoms with Gasteiger partial charge in [-0.25, -0.2) is 4.39 Å². The van der Waals surface area contributed by atoms with Gasteiger partial charge in [-0.1, -0.05) is 6.92 Å². The third-order valence-corrected chi connectivity index (χ3v) is 2.30. The number of hydrogen-bond donors (Lipinski definition) is 2. The number of amides is 1. The summed E-state index contributed by atoms with van der Waals surface area (Å²) in [4.78, 5) is 11.7. The Morgan fingerprint density at radius 1 is 1.59 bits per heavy atom. The predicted molar refractivity (Wildman–Crippen MR) is 64.2 cm³/mol. The van der Waals surface area contributed by atoms with Gasteiger partial charge < -0.3 is 15.8 Å². The minimum atomic E-state index is -0.573. The third kappa shape index (κ3) is 4.03. The first-order valence-corrected chi connectivity index (χ1v) is 5.36. The number of anilines is 1. The molecule has 0 bridgehead atoms. The molecule has 1 amide bonds. The fourth-order valence-electron chi connectivity index (χ4n) is 1.42. The second-order valence-electron chi connectivity index (χ2n) is 4.01. The molecule has 3 N–H and O–H groups in total. The van der Waals surface area contributed by atoms with E-state index in [9.17, 15) is 9.18 Å². The Bertz CT molecular complexity index is 396. The summed E-state index contributed by atoms with van der Waals surface area (Å²) in [5.74, 6) is -0.859. The highest BCUT2D eigenvalue weighted by molar-refractivity contribution is 5.95. The van der Waals surface area contributed by atoms with Crippen molar-refractivity contribution in [2.45, 2.75) is 6.92 Å². The summed E-state index contributed by atoms with van der Waals surface area (Å²) in [7, 11) is 1.59. The molecular formula is C12H17FN2O2. The van der Waals surface area contributed by atoms with Crippen LogP contribution < -0.4 is 11.1 Å². The lowest BCUT2D eigenvalue weighted by atomic mass is 10.1. The number of hydrogen-bond acceptors (Lipinski definition) is 3. The number of benzene rings is 1. The number of ether oxygens (including phenoxy) is 1. The van der Waals surface area contributed by atoms with E-state index < -0.39 is 11.7 Å². The van der Waals surface area contributed by atoms with Crippen LogP contribution >= 0.6 is 0 Å². The summed E-state index contributed by atoms with van der Waals surface area (Å²) < 4.78 is 18.3. The van der Waals surface area contributed by atoms with Crippen molar-refractivity contribution in [2.75, 3.05) is 26.0 Å². The molecule has 1 atom stereocenters. The van der Waals surface area contributed by atoms with Crippen LogP contribution in [0.15, 0.2) is 18.2 Å². The van der Waals surface area contributed by atoms with E-state index in [1.807, 2.05) is 6.92 Å². The Morgan fingerprint density at radius 3 is 2.94 bits per heavy atom. The molecule has 0 aliphatic heterocycles. The maximum absolute atomic E-state index is 13.4. The predicted octanol–water partition coefficient (Wildman–Crippen LogP) is 1.42. The highest BCUT2D eigenvalue weighted by Crippen LogP contribution is 2.11. The van der Waals surface area contributed by atoms with Crippen molar-refractivity contribution in [3.05, 3.63) is 29.6 Å². The molecule has 0 fully saturated rings. The fraction of sp³-hybridized carbons (Fsp3) is 0.417. The van der Waals surface area contributed by atoms with E-state index in [1.165, 1.54) is 18.2 Å². The lowest BCUT2D eigenvalue weighted by molar-refractivity contribution is 0.0930. The number of nitrogens with two attached hydrogens (primary N) is 1. The SMILES string of the molecule is COCC(C)CNC(=O)c1cc(N)ccc1F. The molecule has 1 unspecified atom stereocenters. The van der Waals surface area contributed by atoms with Crippen molar-refractivity contribution in [1.29, 1.82) is 0 Å². The first-order chi connectivity index (χ1) is 8.04. The van der Waals surface area contributed by atoms with E-state index in [0.29, 0.717) is 18.8 Å². The molecule has 5 heteroatoms. The summed E-state index contributed by atoms with van der Waals surface area (Å²) in [5, 5.41) is 2.64. The van der Waals surface area contributed by atoms with Crippen LogP contribution in [0.4, 0.5) is 10.1 Å². The number of nitrogen functional groups attached to an aromatic ring is 1. The van der Waals surface area contributed by atoms with Gasteiger partial charge in [-0.3, -0.25) is 4.79 Å². The van der Waals surface area contributed by atoms with Crippen LogP contribution in [0.5, 0.6) is 0 Å². The Morgan fingerprint density at radius 2 is 2.29 bits per heavy atom. The van der Waals surface area contributed by atoms with Gasteiger partial charge in [0.2, 0.25) is 0 Å². The van der Waals surface area contributed by atoms with Gasteiger partial charge in [0, 0.05) is 19.3 Å². The smallest absolute Gasteiger partial charge is 0.254 e. The number of carbonyl (C=O) groups is 1. The van der Waals surface area contributed by atoms with Crippen molar-refractivity contribution in [1.82, 2.24) is 5.32 Å². The van der Waals surface area contributed by atoms with Crippen molar-refractivity contribution in [3.63, 3.8) is 0 Å².